The van der Waals surface area contributed by atoms with Crippen molar-refractivity contribution in [1.29, 1.82) is 0 Å². The molecule has 5 aromatic rings. The van der Waals surface area contributed by atoms with Crippen molar-refractivity contribution in [3.63, 3.8) is 0 Å². The first kappa shape index (κ1) is 18.3. The Morgan fingerprint density at radius 1 is 1.13 bits per heavy atom. The van der Waals surface area contributed by atoms with Crippen LogP contribution in [-0.4, -0.2) is 22.0 Å². The molecule has 0 saturated carbocycles. The molecule has 0 unspecified atom stereocenters. The Bertz CT molecular complexity index is 1490. The van der Waals surface area contributed by atoms with E-state index in [9.17, 15) is 9.59 Å². The summed E-state index contributed by atoms with van der Waals surface area (Å²) in [4.78, 5) is 29.8. The number of imidazole rings is 1. The first-order valence-corrected chi connectivity index (χ1v) is 10.2. The molecular formula is C23H16N2O4S. The van der Waals surface area contributed by atoms with Gasteiger partial charge in [0.15, 0.2) is 4.96 Å². The molecule has 0 saturated heterocycles. The van der Waals surface area contributed by atoms with Gasteiger partial charge in [-0.2, -0.15) is 0 Å². The minimum atomic E-state index is -0.351. The number of hydrogen-bond donors (Lipinski definition) is 0. The normalized spacial score (nSPS) is 12.1. The average Bonchev–Trinajstić information content (AvgIpc) is 3.44. The summed E-state index contributed by atoms with van der Waals surface area (Å²) < 4.78 is 13.1. The van der Waals surface area contributed by atoms with E-state index in [0.29, 0.717) is 33.2 Å². The van der Waals surface area contributed by atoms with Gasteiger partial charge in [-0.3, -0.25) is 4.79 Å². The van der Waals surface area contributed by atoms with Crippen molar-refractivity contribution in [2.24, 2.45) is 0 Å². The smallest absolute Gasteiger partial charge is 0.338 e. The van der Waals surface area contributed by atoms with E-state index in [-0.39, 0.29) is 11.5 Å². The van der Waals surface area contributed by atoms with E-state index in [0.717, 1.165) is 16.6 Å². The van der Waals surface area contributed by atoms with Gasteiger partial charge in [-0.05, 0) is 43.3 Å². The second-order valence-corrected chi connectivity index (χ2v) is 7.64. The second-order valence-electron chi connectivity index (χ2n) is 6.63. The van der Waals surface area contributed by atoms with Crippen molar-refractivity contribution >= 4 is 39.4 Å². The molecule has 3 aromatic heterocycles. The van der Waals surface area contributed by atoms with Gasteiger partial charge >= 0.3 is 5.97 Å². The number of thiazole rings is 1. The van der Waals surface area contributed by atoms with Crippen LogP contribution in [-0.2, 0) is 4.74 Å². The summed E-state index contributed by atoms with van der Waals surface area (Å²) in [6, 6.07) is 18.2. The topological polar surface area (TPSA) is 73.8 Å². The van der Waals surface area contributed by atoms with Crippen molar-refractivity contribution in [2.75, 3.05) is 6.61 Å². The molecule has 5 rings (SSSR count). The Morgan fingerprint density at radius 2 is 1.93 bits per heavy atom. The third-order valence-corrected chi connectivity index (χ3v) is 5.69. The van der Waals surface area contributed by atoms with Crippen LogP contribution in [0.25, 0.3) is 33.4 Å². The minimum absolute atomic E-state index is 0.111. The summed E-state index contributed by atoms with van der Waals surface area (Å²) in [5.41, 5.74) is 2.82. The molecule has 0 aliphatic heterocycles. The van der Waals surface area contributed by atoms with Crippen molar-refractivity contribution in [3.8, 4) is 11.3 Å². The summed E-state index contributed by atoms with van der Waals surface area (Å²) >= 11 is 1.33. The van der Waals surface area contributed by atoms with Gasteiger partial charge in [0.05, 0.1) is 23.2 Å². The fraction of sp³-hybridized carbons (Fsp3) is 0.0870. The Balaban J connectivity index is 1.49. The molecule has 0 amide bonds. The van der Waals surface area contributed by atoms with Crippen molar-refractivity contribution in [3.05, 3.63) is 86.9 Å². The van der Waals surface area contributed by atoms with E-state index >= 15 is 0 Å². The number of carbonyl (C=O) groups excluding carboxylic acids is 1. The van der Waals surface area contributed by atoms with Crippen molar-refractivity contribution < 1.29 is 13.9 Å². The van der Waals surface area contributed by atoms with Gasteiger partial charge in [0.25, 0.3) is 5.56 Å². The number of aromatic nitrogens is 2. The Kier molecular flexibility index (Phi) is 4.44. The van der Waals surface area contributed by atoms with E-state index in [1.54, 1.807) is 41.7 Å². The van der Waals surface area contributed by atoms with Gasteiger partial charge in [0, 0.05) is 11.6 Å². The summed E-state index contributed by atoms with van der Waals surface area (Å²) in [7, 11) is 0. The molecule has 0 spiro atoms. The Labute approximate surface area is 174 Å². The van der Waals surface area contributed by atoms with Crippen molar-refractivity contribution in [2.45, 2.75) is 6.92 Å². The lowest BCUT2D eigenvalue weighted by molar-refractivity contribution is 0.0526. The van der Waals surface area contributed by atoms with Gasteiger partial charge in [-0.15, -0.1) is 0 Å². The predicted molar refractivity (Wildman–Crippen MR) is 116 cm³/mol. The number of rotatable bonds is 4. The van der Waals surface area contributed by atoms with Gasteiger partial charge < -0.3 is 9.15 Å². The van der Waals surface area contributed by atoms with Crippen LogP contribution in [0, 0.1) is 0 Å². The van der Waals surface area contributed by atoms with Crippen LogP contribution in [0.1, 0.15) is 23.0 Å². The highest BCUT2D eigenvalue weighted by molar-refractivity contribution is 7.15. The quantitative estimate of drug-likeness (QED) is 0.416. The molecule has 30 heavy (non-hydrogen) atoms. The fourth-order valence-corrected chi connectivity index (χ4v) is 4.28. The molecule has 148 valence electrons. The molecule has 0 bridgehead atoms. The lowest BCUT2D eigenvalue weighted by Crippen LogP contribution is -2.22. The summed E-state index contributed by atoms with van der Waals surface area (Å²) in [5.74, 6) is 0.872. The number of hydrogen-bond acceptors (Lipinski definition) is 6. The van der Waals surface area contributed by atoms with E-state index < -0.39 is 0 Å². The lowest BCUT2D eigenvalue weighted by atomic mass is 10.1. The summed E-state index contributed by atoms with van der Waals surface area (Å²) in [5, 5.41) is 0. The van der Waals surface area contributed by atoms with E-state index in [1.807, 2.05) is 36.4 Å². The highest BCUT2D eigenvalue weighted by atomic mass is 32.1. The van der Waals surface area contributed by atoms with Gasteiger partial charge in [0.2, 0.25) is 0 Å². The van der Waals surface area contributed by atoms with Gasteiger partial charge in [0.1, 0.15) is 16.1 Å². The number of esters is 1. The van der Waals surface area contributed by atoms with Crippen LogP contribution < -0.4 is 10.1 Å². The predicted octanol–water partition coefficient (Wildman–Crippen LogP) is 3.89. The van der Waals surface area contributed by atoms with Crippen LogP contribution in [0.3, 0.4) is 0 Å². The minimum Gasteiger partial charge on any atom is -0.462 e. The van der Waals surface area contributed by atoms with E-state index in [1.165, 1.54) is 11.3 Å². The number of carbonyl (C=O) groups is 1. The second kappa shape index (κ2) is 7.27. The molecule has 0 N–H and O–H groups in total. The molecular weight excluding hydrogens is 400 g/mol. The highest BCUT2D eigenvalue weighted by Crippen LogP contribution is 2.23. The van der Waals surface area contributed by atoms with Gasteiger partial charge in [-0.1, -0.05) is 35.6 Å². The van der Waals surface area contributed by atoms with Crippen LogP contribution in [0.2, 0.25) is 0 Å². The average molecular weight is 416 g/mol. The zero-order valence-corrected chi connectivity index (χ0v) is 16.8. The molecule has 3 heterocycles. The number of para-hydroxylation sites is 2. The monoisotopic (exact) mass is 416 g/mol. The van der Waals surface area contributed by atoms with E-state index in [2.05, 4.69) is 4.98 Å². The number of benzene rings is 2. The molecule has 0 fully saturated rings. The van der Waals surface area contributed by atoms with Crippen LogP contribution in [0.4, 0.5) is 0 Å². The number of furan rings is 1. The van der Waals surface area contributed by atoms with Crippen molar-refractivity contribution in [1.82, 2.24) is 9.38 Å². The SMILES string of the molecule is CCOC(=O)c1ccc(-c2ccc(/C=c3\sc4nc5ccccc5n4c3=O)o2)cc1. The summed E-state index contributed by atoms with van der Waals surface area (Å²) in [6.07, 6.45) is 1.73. The standard InChI is InChI=1S/C23H16N2O4S/c1-2-28-22(27)15-9-7-14(8-10-15)19-12-11-16(29-19)13-20-21(26)25-18-6-4-3-5-17(18)24-23(25)30-20/h3-13H,2H2,1H3/b20-13-. The largest absolute Gasteiger partial charge is 0.462 e. The molecule has 0 radical (unpaired) electrons. The molecule has 0 atom stereocenters. The molecule has 2 aromatic carbocycles. The number of fused-ring (bicyclic) bond motifs is 3. The third-order valence-electron chi connectivity index (χ3n) is 4.73. The van der Waals surface area contributed by atoms with Crippen LogP contribution in [0.5, 0.6) is 0 Å². The first-order chi connectivity index (χ1) is 14.6. The van der Waals surface area contributed by atoms with E-state index in [4.69, 9.17) is 9.15 Å². The fourth-order valence-electron chi connectivity index (χ4n) is 3.31. The Morgan fingerprint density at radius 3 is 2.73 bits per heavy atom. The maximum Gasteiger partial charge on any atom is 0.338 e. The van der Waals surface area contributed by atoms with Crippen LogP contribution >= 0.6 is 11.3 Å². The van der Waals surface area contributed by atoms with Crippen LogP contribution in [0.15, 0.2) is 69.9 Å². The summed E-state index contributed by atoms with van der Waals surface area (Å²) in [6.45, 7) is 2.11. The molecule has 7 heteroatoms. The molecule has 6 nitrogen and oxygen atoms in total. The zero-order valence-electron chi connectivity index (χ0n) is 16.0. The number of ether oxygens (including phenoxy) is 1. The van der Waals surface area contributed by atoms with Gasteiger partial charge in [-0.25, -0.2) is 14.2 Å². The zero-order chi connectivity index (χ0) is 20.7. The molecule has 0 aliphatic carbocycles. The maximum atomic E-state index is 12.9. The molecule has 0 aliphatic rings. The Hall–Kier alpha value is -3.71. The first-order valence-electron chi connectivity index (χ1n) is 9.43. The number of nitrogens with zero attached hydrogens (tertiary/aromatic N) is 2. The third kappa shape index (κ3) is 3.09. The lowest BCUT2D eigenvalue weighted by Gasteiger charge is -2.02. The highest BCUT2D eigenvalue weighted by Gasteiger charge is 2.12. The maximum absolute atomic E-state index is 12.9.